The van der Waals surface area contributed by atoms with Crippen molar-refractivity contribution in [2.45, 2.75) is 18.7 Å². The molecule has 86 valence electrons. The molecule has 0 saturated heterocycles. The highest BCUT2D eigenvalue weighted by Gasteiger charge is 2.32. The molecule has 0 fully saturated rings. The summed E-state index contributed by atoms with van der Waals surface area (Å²) in [6, 6.07) is 7.78. The van der Waals surface area contributed by atoms with Gasteiger partial charge in [-0.2, -0.15) is 18.4 Å². The normalized spacial score (nSPS) is 13.2. The number of alkyl halides is 3. The van der Waals surface area contributed by atoms with Crippen LogP contribution in [0.1, 0.15) is 23.7 Å². The molecule has 0 amide bonds. The smallest absolute Gasteiger partial charge is 0.376 e. The summed E-state index contributed by atoms with van der Waals surface area (Å²) in [6.07, 6.45) is -6.32. The van der Waals surface area contributed by atoms with Crippen molar-refractivity contribution in [1.82, 2.24) is 0 Å². The van der Waals surface area contributed by atoms with Crippen molar-refractivity contribution in [2.75, 3.05) is 7.11 Å². The Hall–Kier alpha value is -1.54. The Morgan fingerprint density at radius 1 is 1.31 bits per heavy atom. The zero-order valence-electron chi connectivity index (χ0n) is 8.58. The molecule has 0 saturated carbocycles. The van der Waals surface area contributed by atoms with Gasteiger partial charge in [-0.25, -0.2) is 0 Å². The molecule has 1 aromatic rings. The largest absolute Gasteiger partial charge is 0.391 e. The lowest BCUT2D eigenvalue weighted by molar-refractivity contribution is -0.158. The molecule has 0 aliphatic heterocycles. The van der Waals surface area contributed by atoms with Crippen molar-refractivity contribution in [2.24, 2.45) is 0 Å². The van der Waals surface area contributed by atoms with Crippen LogP contribution in [0.3, 0.4) is 0 Å². The van der Waals surface area contributed by atoms with Crippen molar-refractivity contribution >= 4 is 0 Å². The molecule has 0 radical (unpaired) electrons. The maximum Gasteiger partial charge on any atom is 0.391 e. The highest BCUT2D eigenvalue weighted by molar-refractivity contribution is 5.32. The quantitative estimate of drug-likeness (QED) is 0.797. The van der Waals surface area contributed by atoms with Gasteiger partial charge >= 0.3 is 6.18 Å². The summed E-state index contributed by atoms with van der Waals surface area (Å²) in [5.74, 6) is 0. The number of ether oxygens (including phenoxy) is 1. The summed E-state index contributed by atoms with van der Waals surface area (Å²) >= 11 is 0. The van der Waals surface area contributed by atoms with Gasteiger partial charge in [0.15, 0.2) is 0 Å². The summed E-state index contributed by atoms with van der Waals surface area (Å²) < 4.78 is 41.4. The standard InChI is InChI=1S/C11H10F3NO/c1-16-10(6-11(12,13)14)9-4-2-8(7-15)3-5-9/h2-5,10H,6H2,1H3. The van der Waals surface area contributed by atoms with E-state index in [1.54, 1.807) is 0 Å². The van der Waals surface area contributed by atoms with E-state index in [-0.39, 0.29) is 0 Å². The second-order valence-corrected chi connectivity index (χ2v) is 3.28. The molecule has 0 aliphatic rings. The summed E-state index contributed by atoms with van der Waals surface area (Å²) in [5.41, 5.74) is 0.824. The highest BCUT2D eigenvalue weighted by Crippen LogP contribution is 2.31. The van der Waals surface area contributed by atoms with Crippen LogP contribution in [-0.4, -0.2) is 13.3 Å². The molecule has 16 heavy (non-hydrogen) atoms. The van der Waals surface area contributed by atoms with Gasteiger partial charge in [-0.05, 0) is 17.7 Å². The molecular weight excluding hydrogens is 219 g/mol. The minimum Gasteiger partial charge on any atom is -0.376 e. The van der Waals surface area contributed by atoms with E-state index < -0.39 is 18.7 Å². The average molecular weight is 229 g/mol. The lowest BCUT2D eigenvalue weighted by Gasteiger charge is -2.17. The molecule has 1 aromatic carbocycles. The minimum atomic E-state index is -4.27. The maximum absolute atomic E-state index is 12.2. The van der Waals surface area contributed by atoms with E-state index in [2.05, 4.69) is 0 Å². The van der Waals surface area contributed by atoms with Crippen LogP contribution < -0.4 is 0 Å². The first-order valence-corrected chi connectivity index (χ1v) is 4.56. The van der Waals surface area contributed by atoms with E-state index >= 15 is 0 Å². The molecule has 1 rings (SSSR count). The number of benzene rings is 1. The zero-order chi connectivity index (χ0) is 12.2. The first kappa shape index (κ1) is 12.5. The molecule has 0 aliphatic carbocycles. The molecule has 1 atom stereocenters. The number of rotatable bonds is 3. The SMILES string of the molecule is COC(CC(F)(F)F)c1ccc(C#N)cc1. The number of nitriles is 1. The van der Waals surface area contributed by atoms with Gasteiger partial charge in [0.2, 0.25) is 0 Å². The van der Waals surface area contributed by atoms with Crippen LogP contribution in [-0.2, 0) is 4.74 Å². The topological polar surface area (TPSA) is 33.0 Å². The van der Waals surface area contributed by atoms with E-state index in [0.717, 1.165) is 0 Å². The van der Waals surface area contributed by atoms with Gasteiger partial charge in [0.1, 0.15) is 0 Å². The summed E-state index contributed by atoms with van der Waals surface area (Å²) in [5, 5.41) is 8.55. The Bertz CT molecular complexity index is 378. The van der Waals surface area contributed by atoms with Crippen LogP contribution >= 0.6 is 0 Å². The van der Waals surface area contributed by atoms with Crippen LogP contribution in [0.5, 0.6) is 0 Å². The van der Waals surface area contributed by atoms with Gasteiger partial charge in [-0.1, -0.05) is 12.1 Å². The average Bonchev–Trinajstić information content (AvgIpc) is 2.25. The third-order valence-electron chi connectivity index (χ3n) is 2.11. The fourth-order valence-corrected chi connectivity index (χ4v) is 1.32. The Labute approximate surface area is 91.3 Å². The molecule has 0 spiro atoms. The van der Waals surface area contributed by atoms with Gasteiger partial charge in [0.05, 0.1) is 24.2 Å². The molecule has 1 unspecified atom stereocenters. The molecular formula is C11H10F3NO. The summed E-state index contributed by atoms with van der Waals surface area (Å²) in [7, 11) is 1.23. The van der Waals surface area contributed by atoms with Crippen molar-refractivity contribution in [3.05, 3.63) is 35.4 Å². The maximum atomic E-state index is 12.2. The number of hydrogen-bond acceptors (Lipinski definition) is 2. The number of halogens is 3. The van der Waals surface area contributed by atoms with E-state index in [4.69, 9.17) is 10.00 Å². The molecule has 2 nitrogen and oxygen atoms in total. The van der Waals surface area contributed by atoms with Crippen LogP contribution in [0, 0.1) is 11.3 Å². The second-order valence-electron chi connectivity index (χ2n) is 3.28. The lowest BCUT2D eigenvalue weighted by atomic mass is 10.0. The Balaban J connectivity index is 2.84. The van der Waals surface area contributed by atoms with E-state index in [1.165, 1.54) is 31.4 Å². The molecule has 5 heteroatoms. The number of methoxy groups -OCH3 is 1. The Kier molecular flexibility index (Phi) is 3.91. The lowest BCUT2D eigenvalue weighted by Crippen LogP contribution is -2.15. The summed E-state index contributed by atoms with van der Waals surface area (Å²) in [4.78, 5) is 0. The van der Waals surface area contributed by atoms with Crippen molar-refractivity contribution in [3.8, 4) is 6.07 Å². The van der Waals surface area contributed by atoms with Crippen molar-refractivity contribution in [3.63, 3.8) is 0 Å². The number of nitrogens with zero attached hydrogens (tertiary/aromatic N) is 1. The Morgan fingerprint density at radius 2 is 1.88 bits per heavy atom. The van der Waals surface area contributed by atoms with Gasteiger partial charge < -0.3 is 4.74 Å². The molecule has 0 bridgehead atoms. The van der Waals surface area contributed by atoms with Gasteiger partial charge in [0.25, 0.3) is 0 Å². The van der Waals surface area contributed by atoms with Crippen LogP contribution in [0.4, 0.5) is 13.2 Å². The monoisotopic (exact) mass is 229 g/mol. The predicted molar refractivity (Wildman–Crippen MR) is 51.6 cm³/mol. The van der Waals surface area contributed by atoms with Gasteiger partial charge in [-0.15, -0.1) is 0 Å². The first-order chi connectivity index (χ1) is 7.46. The van der Waals surface area contributed by atoms with Crippen LogP contribution in [0.15, 0.2) is 24.3 Å². The van der Waals surface area contributed by atoms with E-state index in [1.807, 2.05) is 6.07 Å². The summed E-state index contributed by atoms with van der Waals surface area (Å²) in [6.45, 7) is 0. The molecule has 0 N–H and O–H groups in total. The van der Waals surface area contributed by atoms with Crippen LogP contribution in [0.25, 0.3) is 0 Å². The fraction of sp³-hybridized carbons (Fsp3) is 0.364. The van der Waals surface area contributed by atoms with Gasteiger partial charge in [0, 0.05) is 7.11 Å². The van der Waals surface area contributed by atoms with Gasteiger partial charge in [-0.3, -0.25) is 0 Å². The fourth-order valence-electron chi connectivity index (χ4n) is 1.32. The van der Waals surface area contributed by atoms with Crippen molar-refractivity contribution < 1.29 is 17.9 Å². The van der Waals surface area contributed by atoms with Crippen LogP contribution in [0.2, 0.25) is 0 Å². The zero-order valence-corrected chi connectivity index (χ0v) is 8.58. The number of hydrogen-bond donors (Lipinski definition) is 0. The van der Waals surface area contributed by atoms with E-state index in [0.29, 0.717) is 11.1 Å². The highest BCUT2D eigenvalue weighted by atomic mass is 19.4. The predicted octanol–water partition coefficient (Wildman–Crippen LogP) is 3.20. The molecule has 0 heterocycles. The first-order valence-electron chi connectivity index (χ1n) is 4.56. The third kappa shape index (κ3) is 3.55. The second kappa shape index (κ2) is 4.99. The third-order valence-corrected chi connectivity index (χ3v) is 2.11. The molecule has 0 aromatic heterocycles. The van der Waals surface area contributed by atoms with Crippen molar-refractivity contribution in [1.29, 1.82) is 5.26 Å². The Morgan fingerprint density at radius 3 is 2.25 bits per heavy atom. The van der Waals surface area contributed by atoms with E-state index in [9.17, 15) is 13.2 Å². The minimum absolute atomic E-state index is 0.408.